The van der Waals surface area contributed by atoms with Gasteiger partial charge >= 0.3 is 5.97 Å². The van der Waals surface area contributed by atoms with Gasteiger partial charge < -0.3 is 10.1 Å². The van der Waals surface area contributed by atoms with Crippen molar-refractivity contribution < 1.29 is 19.1 Å². The van der Waals surface area contributed by atoms with E-state index in [0.717, 1.165) is 0 Å². The van der Waals surface area contributed by atoms with E-state index >= 15 is 0 Å². The number of likely N-dealkylation sites (tertiary alicyclic amines) is 1. The Bertz CT molecular complexity index is 367. The number of nitrogens with one attached hydrogen (secondary N) is 1. The minimum atomic E-state index is -0.767. The van der Waals surface area contributed by atoms with Crippen molar-refractivity contribution in [1.29, 1.82) is 0 Å². The van der Waals surface area contributed by atoms with Crippen molar-refractivity contribution in [2.24, 2.45) is 0 Å². The largest absolute Gasteiger partial charge is 0.465 e. The van der Waals surface area contributed by atoms with Gasteiger partial charge in [0.2, 0.25) is 11.8 Å². The van der Waals surface area contributed by atoms with Crippen molar-refractivity contribution in [1.82, 2.24) is 10.2 Å². The fraction of sp³-hybridized carbons (Fsp3) is 0.786. The average Bonchev–Trinajstić information content (AvgIpc) is 2.71. The van der Waals surface area contributed by atoms with Gasteiger partial charge in [0.15, 0.2) is 0 Å². The standard InChI is InChI=1S/C14H24N2O4/c1-4-15-14(3,13(19)20-5-2)9-6-10-16-11(17)7-8-12(16)18/h15H,4-10H2,1-3H3. The number of carbonyl (C=O) groups is 3. The molecule has 1 fully saturated rings. The molecule has 0 saturated carbocycles. The fourth-order valence-electron chi connectivity index (χ4n) is 2.41. The molecular weight excluding hydrogens is 260 g/mol. The lowest BCUT2D eigenvalue weighted by molar-refractivity contribution is -0.150. The Morgan fingerprint density at radius 1 is 1.30 bits per heavy atom. The second kappa shape index (κ2) is 7.38. The van der Waals surface area contributed by atoms with Crippen LogP contribution in [0.4, 0.5) is 0 Å². The Balaban J connectivity index is 2.52. The van der Waals surface area contributed by atoms with Crippen LogP contribution in [-0.2, 0) is 19.1 Å². The fourth-order valence-corrected chi connectivity index (χ4v) is 2.41. The monoisotopic (exact) mass is 284 g/mol. The first kappa shape index (κ1) is 16.6. The topological polar surface area (TPSA) is 75.7 Å². The van der Waals surface area contributed by atoms with E-state index in [0.29, 0.717) is 45.4 Å². The zero-order valence-electron chi connectivity index (χ0n) is 12.5. The first-order valence-corrected chi connectivity index (χ1v) is 7.20. The maximum atomic E-state index is 12.0. The van der Waals surface area contributed by atoms with Crippen LogP contribution in [0.3, 0.4) is 0 Å². The summed E-state index contributed by atoms with van der Waals surface area (Å²) in [6, 6.07) is 0. The Morgan fingerprint density at radius 3 is 2.40 bits per heavy atom. The van der Waals surface area contributed by atoms with E-state index in [1.54, 1.807) is 13.8 Å². The third kappa shape index (κ3) is 4.03. The van der Waals surface area contributed by atoms with Gasteiger partial charge in [0.05, 0.1) is 6.61 Å². The Labute approximate surface area is 119 Å². The van der Waals surface area contributed by atoms with Crippen LogP contribution in [0.5, 0.6) is 0 Å². The molecule has 1 heterocycles. The van der Waals surface area contributed by atoms with Crippen molar-refractivity contribution in [3.05, 3.63) is 0 Å². The summed E-state index contributed by atoms with van der Waals surface area (Å²) in [6.45, 7) is 6.84. The van der Waals surface area contributed by atoms with Crippen LogP contribution < -0.4 is 5.32 Å². The second-order valence-electron chi connectivity index (χ2n) is 5.13. The molecule has 1 unspecified atom stereocenters. The van der Waals surface area contributed by atoms with E-state index < -0.39 is 5.54 Å². The lowest BCUT2D eigenvalue weighted by Gasteiger charge is -2.28. The summed E-state index contributed by atoms with van der Waals surface area (Å²) >= 11 is 0. The van der Waals surface area contributed by atoms with Crippen LogP contribution in [0.25, 0.3) is 0 Å². The summed E-state index contributed by atoms with van der Waals surface area (Å²) in [4.78, 5) is 36.3. The third-order valence-corrected chi connectivity index (χ3v) is 3.51. The van der Waals surface area contributed by atoms with Gasteiger partial charge in [-0.2, -0.15) is 0 Å². The molecule has 1 rings (SSSR count). The molecule has 0 aromatic heterocycles. The van der Waals surface area contributed by atoms with Crippen LogP contribution in [0.1, 0.15) is 46.5 Å². The third-order valence-electron chi connectivity index (χ3n) is 3.51. The predicted octanol–water partition coefficient (Wildman–Crippen LogP) is 0.847. The number of carbonyl (C=O) groups excluding carboxylic acids is 3. The van der Waals surface area contributed by atoms with Gasteiger partial charge in [-0.15, -0.1) is 0 Å². The molecule has 6 nitrogen and oxygen atoms in total. The van der Waals surface area contributed by atoms with E-state index in [4.69, 9.17) is 4.74 Å². The number of esters is 1. The molecule has 6 heteroatoms. The number of hydrogen-bond donors (Lipinski definition) is 1. The SMILES string of the molecule is CCNC(C)(CCCN1C(=O)CCC1=O)C(=O)OCC. The number of hydrogen-bond acceptors (Lipinski definition) is 5. The molecule has 2 amide bonds. The summed E-state index contributed by atoms with van der Waals surface area (Å²) in [5.41, 5.74) is -0.767. The lowest BCUT2D eigenvalue weighted by Crippen LogP contribution is -2.50. The summed E-state index contributed by atoms with van der Waals surface area (Å²) in [7, 11) is 0. The quantitative estimate of drug-likeness (QED) is 0.528. The molecule has 1 aliphatic heterocycles. The first-order valence-electron chi connectivity index (χ1n) is 7.20. The smallest absolute Gasteiger partial charge is 0.326 e. The molecule has 114 valence electrons. The zero-order valence-corrected chi connectivity index (χ0v) is 12.5. The highest BCUT2D eigenvalue weighted by molar-refractivity contribution is 6.01. The van der Waals surface area contributed by atoms with Gasteiger partial charge in [0.1, 0.15) is 5.54 Å². The molecule has 1 atom stereocenters. The Hall–Kier alpha value is -1.43. The van der Waals surface area contributed by atoms with E-state index in [-0.39, 0.29) is 17.8 Å². The minimum absolute atomic E-state index is 0.115. The molecule has 20 heavy (non-hydrogen) atoms. The molecule has 0 bridgehead atoms. The summed E-state index contributed by atoms with van der Waals surface area (Å²) < 4.78 is 5.08. The highest BCUT2D eigenvalue weighted by Gasteiger charge is 2.34. The van der Waals surface area contributed by atoms with Gasteiger partial charge in [0, 0.05) is 19.4 Å². The van der Waals surface area contributed by atoms with Crippen LogP contribution in [0.2, 0.25) is 0 Å². The molecule has 1 N–H and O–H groups in total. The first-order chi connectivity index (χ1) is 9.44. The number of imide groups is 1. The van der Waals surface area contributed by atoms with E-state index in [1.807, 2.05) is 6.92 Å². The van der Waals surface area contributed by atoms with Crippen molar-refractivity contribution in [3.63, 3.8) is 0 Å². The molecule has 0 aliphatic carbocycles. The van der Waals surface area contributed by atoms with Crippen molar-refractivity contribution in [2.45, 2.75) is 52.0 Å². The normalized spacial score (nSPS) is 18.2. The molecule has 0 radical (unpaired) electrons. The number of rotatable bonds is 8. The lowest BCUT2D eigenvalue weighted by atomic mass is 9.95. The molecule has 1 aliphatic rings. The van der Waals surface area contributed by atoms with E-state index in [2.05, 4.69) is 5.32 Å². The Kier molecular flexibility index (Phi) is 6.13. The van der Waals surface area contributed by atoms with Crippen LogP contribution in [-0.4, -0.2) is 47.9 Å². The number of ether oxygens (including phenoxy) is 1. The van der Waals surface area contributed by atoms with Crippen LogP contribution in [0, 0.1) is 0 Å². The minimum Gasteiger partial charge on any atom is -0.465 e. The molecule has 0 spiro atoms. The highest BCUT2D eigenvalue weighted by Crippen LogP contribution is 2.18. The van der Waals surface area contributed by atoms with Crippen molar-refractivity contribution in [3.8, 4) is 0 Å². The second-order valence-corrected chi connectivity index (χ2v) is 5.13. The highest BCUT2D eigenvalue weighted by atomic mass is 16.5. The van der Waals surface area contributed by atoms with Gasteiger partial charge in [0.25, 0.3) is 0 Å². The molecule has 0 aromatic carbocycles. The summed E-state index contributed by atoms with van der Waals surface area (Å²) in [5, 5.41) is 3.13. The number of nitrogens with zero attached hydrogens (tertiary/aromatic N) is 1. The van der Waals surface area contributed by atoms with E-state index in [1.165, 1.54) is 4.90 Å². The van der Waals surface area contributed by atoms with Crippen molar-refractivity contribution in [2.75, 3.05) is 19.7 Å². The zero-order chi connectivity index (χ0) is 15.2. The molecule has 1 saturated heterocycles. The summed E-state index contributed by atoms with van der Waals surface area (Å²) in [5.74, 6) is -0.520. The maximum Gasteiger partial charge on any atom is 0.326 e. The van der Waals surface area contributed by atoms with Gasteiger partial charge in [-0.05, 0) is 33.2 Å². The number of amides is 2. The van der Waals surface area contributed by atoms with Gasteiger partial charge in [-0.25, -0.2) is 0 Å². The van der Waals surface area contributed by atoms with Crippen LogP contribution in [0.15, 0.2) is 0 Å². The molecular formula is C14H24N2O4. The Morgan fingerprint density at radius 2 is 1.90 bits per heavy atom. The maximum absolute atomic E-state index is 12.0. The summed E-state index contributed by atoms with van der Waals surface area (Å²) in [6.07, 6.45) is 1.72. The van der Waals surface area contributed by atoms with Crippen molar-refractivity contribution >= 4 is 17.8 Å². The number of likely N-dealkylation sites (N-methyl/N-ethyl adjacent to an activating group) is 1. The van der Waals surface area contributed by atoms with Crippen LogP contribution >= 0.6 is 0 Å². The van der Waals surface area contributed by atoms with Gasteiger partial charge in [-0.3, -0.25) is 19.3 Å². The predicted molar refractivity (Wildman–Crippen MR) is 73.9 cm³/mol. The van der Waals surface area contributed by atoms with E-state index in [9.17, 15) is 14.4 Å². The molecule has 0 aromatic rings. The average molecular weight is 284 g/mol. The van der Waals surface area contributed by atoms with Gasteiger partial charge in [-0.1, -0.05) is 6.92 Å².